The maximum absolute atomic E-state index is 11.5. The van der Waals surface area contributed by atoms with Crippen LogP contribution in [-0.4, -0.2) is 17.9 Å². The minimum absolute atomic E-state index is 0.150. The highest BCUT2D eigenvalue weighted by Crippen LogP contribution is 2.34. The lowest BCUT2D eigenvalue weighted by Gasteiger charge is -2.01. The molecule has 1 N–H and O–H groups in total. The first-order valence-corrected chi connectivity index (χ1v) is 8.56. The van der Waals surface area contributed by atoms with Crippen molar-refractivity contribution in [3.05, 3.63) is 62.2 Å². The minimum atomic E-state index is -0.150. The third-order valence-electron chi connectivity index (χ3n) is 3.21. The lowest BCUT2D eigenvalue weighted by Crippen LogP contribution is -2.16. The van der Waals surface area contributed by atoms with E-state index < -0.39 is 0 Å². The number of carbonyl (C=O) groups excluding carboxylic acids is 1. The molecule has 0 aliphatic heterocycles. The van der Waals surface area contributed by atoms with Crippen molar-refractivity contribution in [1.29, 1.82) is 0 Å². The first kappa shape index (κ1) is 16.8. The number of furan rings is 1. The highest BCUT2D eigenvalue weighted by Gasteiger charge is 2.10. The number of hydrogen-bond acceptors (Lipinski definition) is 4. The van der Waals surface area contributed by atoms with Gasteiger partial charge in [-0.3, -0.25) is 4.79 Å². The number of rotatable bonds is 4. The van der Waals surface area contributed by atoms with Gasteiger partial charge < -0.3 is 9.73 Å². The molecule has 0 aliphatic carbocycles. The number of aromatic nitrogens is 1. The monoisotopic (exact) mass is 378 g/mol. The molecule has 0 saturated carbocycles. The molecule has 2 heterocycles. The predicted octanol–water partition coefficient (Wildman–Crippen LogP) is 5.24. The van der Waals surface area contributed by atoms with E-state index in [9.17, 15) is 4.79 Å². The standard InChI is InChI=1S/C17H12Cl2N2O2S/c1-20-17(22)14-9-21-15(24-14)8-6-10-5-7-13(23-10)11-3-2-4-12(18)16(11)19/h2-9H,1H3,(H,20,22)/b8-6+. The van der Waals surface area contributed by atoms with Gasteiger partial charge in [-0.25, -0.2) is 4.98 Å². The average Bonchev–Trinajstić information content (AvgIpc) is 3.24. The molecule has 3 rings (SSSR count). The van der Waals surface area contributed by atoms with E-state index in [0.717, 1.165) is 5.56 Å². The van der Waals surface area contributed by atoms with Gasteiger partial charge in [0.05, 0.1) is 16.2 Å². The van der Waals surface area contributed by atoms with Crippen molar-refractivity contribution in [1.82, 2.24) is 10.3 Å². The zero-order valence-corrected chi connectivity index (χ0v) is 14.9. The molecular formula is C17H12Cl2N2O2S. The number of halogens is 2. The number of carbonyl (C=O) groups is 1. The number of hydrogen-bond donors (Lipinski definition) is 1. The summed E-state index contributed by atoms with van der Waals surface area (Å²) in [6.07, 6.45) is 5.12. The van der Waals surface area contributed by atoms with Crippen molar-refractivity contribution in [3.8, 4) is 11.3 Å². The topological polar surface area (TPSA) is 55.1 Å². The molecule has 2 aromatic heterocycles. The molecule has 1 amide bonds. The number of nitrogens with zero attached hydrogens (tertiary/aromatic N) is 1. The zero-order valence-electron chi connectivity index (χ0n) is 12.5. The maximum atomic E-state index is 11.5. The summed E-state index contributed by atoms with van der Waals surface area (Å²) in [5.41, 5.74) is 0.736. The summed E-state index contributed by atoms with van der Waals surface area (Å²) >= 11 is 13.5. The van der Waals surface area contributed by atoms with E-state index in [-0.39, 0.29) is 5.91 Å². The van der Waals surface area contributed by atoms with Gasteiger partial charge in [0.25, 0.3) is 5.91 Å². The molecule has 0 unspecified atom stereocenters. The number of thiazole rings is 1. The Hall–Kier alpha value is -2.08. The van der Waals surface area contributed by atoms with Gasteiger partial charge in [0, 0.05) is 12.6 Å². The Morgan fingerprint density at radius 2 is 2.08 bits per heavy atom. The van der Waals surface area contributed by atoms with Crippen LogP contribution >= 0.6 is 34.5 Å². The van der Waals surface area contributed by atoms with Crippen LogP contribution in [0.1, 0.15) is 20.4 Å². The third kappa shape index (κ3) is 3.53. The largest absolute Gasteiger partial charge is 0.457 e. The van der Waals surface area contributed by atoms with Crippen molar-refractivity contribution in [2.45, 2.75) is 0 Å². The van der Waals surface area contributed by atoms with Gasteiger partial charge in [-0.05, 0) is 36.4 Å². The Kier molecular flexibility index (Phi) is 5.04. The molecule has 0 radical (unpaired) electrons. The van der Waals surface area contributed by atoms with Crippen LogP contribution in [0.15, 0.2) is 40.9 Å². The van der Waals surface area contributed by atoms with Gasteiger partial charge in [-0.15, -0.1) is 11.3 Å². The van der Waals surface area contributed by atoms with Crippen LogP contribution in [0.5, 0.6) is 0 Å². The second kappa shape index (κ2) is 7.21. The summed E-state index contributed by atoms with van der Waals surface area (Å²) in [6, 6.07) is 9.05. The molecule has 0 fully saturated rings. The molecule has 4 nitrogen and oxygen atoms in total. The van der Waals surface area contributed by atoms with E-state index in [0.29, 0.717) is 31.5 Å². The normalized spacial score (nSPS) is 11.1. The van der Waals surface area contributed by atoms with E-state index >= 15 is 0 Å². The van der Waals surface area contributed by atoms with Gasteiger partial charge in [0.15, 0.2) is 0 Å². The van der Waals surface area contributed by atoms with Gasteiger partial charge >= 0.3 is 0 Å². The Balaban J connectivity index is 1.80. The van der Waals surface area contributed by atoms with Crippen LogP contribution in [0.25, 0.3) is 23.5 Å². The first-order chi connectivity index (χ1) is 11.6. The fourth-order valence-electron chi connectivity index (χ4n) is 2.03. The second-order valence-electron chi connectivity index (χ2n) is 4.78. The average molecular weight is 379 g/mol. The number of amides is 1. The molecule has 3 aromatic rings. The summed E-state index contributed by atoms with van der Waals surface area (Å²) < 4.78 is 5.77. The first-order valence-electron chi connectivity index (χ1n) is 6.98. The van der Waals surface area contributed by atoms with Gasteiger partial charge in [0.1, 0.15) is 21.4 Å². The fourth-order valence-corrected chi connectivity index (χ4v) is 3.19. The van der Waals surface area contributed by atoms with Crippen molar-refractivity contribution in [3.63, 3.8) is 0 Å². The molecule has 0 atom stereocenters. The fraction of sp³-hybridized carbons (Fsp3) is 0.0588. The smallest absolute Gasteiger partial charge is 0.262 e. The SMILES string of the molecule is CNC(=O)c1cnc(/C=C/c2ccc(-c3cccc(Cl)c3Cl)o2)s1. The summed E-state index contributed by atoms with van der Waals surface area (Å²) in [5.74, 6) is 1.13. The summed E-state index contributed by atoms with van der Waals surface area (Å²) in [5, 5.41) is 4.22. The van der Waals surface area contributed by atoms with E-state index in [1.54, 1.807) is 31.5 Å². The summed E-state index contributed by atoms with van der Waals surface area (Å²) in [6.45, 7) is 0. The second-order valence-corrected chi connectivity index (χ2v) is 6.63. The third-order valence-corrected chi connectivity index (χ3v) is 4.99. The molecule has 24 heavy (non-hydrogen) atoms. The molecule has 122 valence electrons. The highest BCUT2D eigenvalue weighted by molar-refractivity contribution is 7.14. The van der Waals surface area contributed by atoms with Crippen LogP contribution in [0.4, 0.5) is 0 Å². The predicted molar refractivity (Wildman–Crippen MR) is 98.6 cm³/mol. The summed E-state index contributed by atoms with van der Waals surface area (Å²) in [7, 11) is 1.59. The van der Waals surface area contributed by atoms with E-state index in [2.05, 4.69) is 10.3 Å². The van der Waals surface area contributed by atoms with Gasteiger partial charge in [-0.2, -0.15) is 0 Å². The Labute approximate surface area is 152 Å². The lowest BCUT2D eigenvalue weighted by molar-refractivity contribution is 0.0967. The van der Waals surface area contributed by atoms with Crippen molar-refractivity contribution < 1.29 is 9.21 Å². The Morgan fingerprint density at radius 3 is 2.88 bits per heavy atom. The van der Waals surface area contributed by atoms with Gasteiger partial charge in [-0.1, -0.05) is 29.3 Å². The maximum Gasteiger partial charge on any atom is 0.262 e. The van der Waals surface area contributed by atoms with Crippen molar-refractivity contribution in [2.24, 2.45) is 0 Å². The van der Waals surface area contributed by atoms with Crippen molar-refractivity contribution >= 4 is 52.6 Å². The Bertz CT molecular complexity index is 915. The van der Waals surface area contributed by atoms with Crippen LogP contribution in [-0.2, 0) is 0 Å². The highest BCUT2D eigenvalue weighted by atomic mass is 35.5. The molecule has 0 saturated heterocycles. The van der Waals surface area contributed by atoms with Crippen LogP contribution < -0.4 is 5.32 Å². The molecule has 0 spiro atoms. The van der Waals surface area contributed by atoms with Crippen LogP contribution in [0.3, 0.4) is 0 Å². The summed E-state index contributed by atoms with van der Waals surface area (Å²) in [4.78, 5) is 16.3. The molecule has 0 bridgehead atoms. The van der Waals surface area contributed by atoms with Crippen molar-refractivity contribution in [2.75, 3.05) is 7.05 Å². The minimum Gasteiger partial charge on any atom is -0.457 e. The van der Waals surface area contributed by atoms with E-state index in [1.165, 1.54) is 11.3 Å². The number of nitrogens with one attached hydrogen (secondary N) is 1. The van der Waals surface area contributed by atoms with E-state index in [1.807, 2.05) is 24.3 Å². The molecular weight excluding hydrogens is 367 g/mol. The van der Waals surface area contributed by atoms with E-state index in [4.69, 9.17) is 27.6 Å². The zero-order chi connectivity index (χ0) is 17.1. The van der Waals surface area contributed by atoms with Gasteiger partial charge in [0.2, 0.25) is 0 Å². The Morgan fingerprint density at radius 1 is 1.25 bits per heavy atom. The van der Waals surface area contributed by atoms with Crippen LogP contribution in [0, 0.1) is 0 Å². The quantitative estimate of drug-likeness (QED) is 0.675. The molecule has 0 aliphatic rings. The van der Waals surface area contributed by atoms with Crippen LogP contribution in [0.2, 0.25) is 10.0 Å². The lowest BCUT2D eigenvalue weighted by atomic mass is 10.2. The number of benzene rings is 1. The molecule has 7 heteroatoms. The molecule has 1 aromatic carbocycles.